The normalized spacial score (nSPS) is 10.4. The van der Waals surface area contributed by atoms with Gasteiger partial charge in [-0.1, -0.05) is 30.3 Å². The number of benzene rings is 3. The Balaban J connectivity index is 1.85. The van der Waals surface area contributed by atoms with Gasteiger partial charge >= 0.3 is 6.61 Å². The number of halogens is 2. The highest BCUT2D eigenvalue weighted by Crippen LogP contribution is 2.30. The molecule has 148 valence electrons. The molecule has 2 N–H and O–H groups in total. The molecule has 0 atom stereocenters. The zero-order valence-corrected chi connectivity index (χ0v) is 14.8. The molecule has 0 unspecified atom stereocenters. The summed E-state index contributed by atoms with van der Waals surface area (Å²) in [5.41, 5.74) is 0.554. The van der Waals surface area contributed by atoms with Crippen molar-refractivity contribution < 1.29 is 23.2 Å². The van der Waals surface area contributed by atoms with Gasteiger partial charge < -0.3 is 15.4 Å². The van der Waals surface area contributed by atoms with Crippen LogP contribution >= 0.6 is 0 Å². The first-order valence-electron chi connectivity index (χ1n) is 8.40. The molecule has 0 bridgehead atoms. The van der Waals surface area contributed by atoms with Crippen LogP contribution in [-0.2, 0) is 0 Å². The zero-order valence-electron chi connectivity index (χ0n) is 14.8. The van der Waals surface area contributed by atoms with E-state index in [2.05, 4.69) is 15.4 Å². The molecular weight excluding hydrogens is 384 g/mol. The van der Waals surface area contributed by atoms with Crippen molar-refractivity contribution in [2.24, 2.45) is 0 Å². The second kappa shape index (κ2) is 8.79. The van der Waals surface area contributed by atoms with Gasteiger partial charge in [0.2, 0.25) is 0 Å². The second-order valence-electron chi connectivity index (χ2n) is 5.81. The van der Waals surface area contributed by atoms with Gasteiger partial charge in [0.1, 0.15) is 11.4 Å². The average molecular weight is 399 g/mol. The SMILES string of the molecule is O=C(Nc1ccccc1OC(F)F)c1ccc(Nc2ccccc2)c([N+](=O)[O-])c1. The highest BCUT2D eigenvalue weighted by Gasteiger charge is 2.19. The van der Waals surface area contributed by atoms with E-state index in [9.17, 15) is 23.7 Å². The number of hydrogen-bond acceptors (Lipinski definition) is 5. The summed E-state index contributed by atoms with van der Waals surface area (Å²) in [6.45, 7) is -3.06. The van der Waals surface area contributed by atoms with Crippen LogP contribution in [0, 0.1) is 10.1 Å². The van der Waals surface area contributed by atoms with E-state index < -0.39 is 17.4 Å². The quantitative estimate of drug-likeness (QED) is 0.421. The summed E-state index contributed by atoms with van der Waals surface area (Å²) in [6, 6.07) is 18.4. The first-order chi connectivity index (χ1) is 13.9. The van der Waals surface area contributed by atoms with E-state index in [1.165, 1.54) is 36.4 Å². The number of nitro benzene ring substituents is 1. The second-order valence-corrected chi connectivity index (χ2v) is 5.81. The number of hydrogen-bond donors (Lipinski definition) is 2. The molecule has 0 saturated carbocycles. The fraction of sp³-hybridized carbons (Fsp3) is 0.0500. The highest BCUT2D eigenvalue weighted by atomic mass is 19.3. The molecule has 0 spiro atoms. The predicted molar refractivity (Wildman–Crippen MR) is 104 cm³/mol. The van der Waals surface area contributed by atoms with Crippen LogP contribution in [0.3, 0.4) is 0 Å². The molecule has 3 aromatic rings. The van der Waals surface area contributed by atoms with Gasteiger partial charge in [0.05, 0.1) is 10.6 Å². The molecule has 9 heteroatoms. The molecule has 0 aliphatic carbocycles. The molecule has 0 fully saturated rings. The van der Waals surface area contributed by atoms with Gasteiger partial charge in [-0.2, -0.15) is 8.78 Å². The molecule has 1 amide bonds. The van der Waals surface area contributed by atoms with Crippen molar-refractivity contribution in [2.75, 3.05) is 10.6 Å². The largest absolute Gasteiger partial charge is 0.433 e. The number of alkyl halides is 2. The molecule has 3 aromatic carbocycles. The van der Waals surface area contributed by atoms with Crippen LogP contribution in [0.2, 0.25) is 0 Å². The zero-order chi connectivity index (χ0) is 20.8. The number of para-hydroxylation sites is 3. The topological polar surface area (TPSA) is 93.5 Å². The monoisotopic (exact) mass is 399 g/mol. The predicted octanol–water partition coefficient (Wildman–Crippen LogP) is 5.19. The smallest absolute Gasteiger partial charge is 0.387 e. The summed E-state index contributed by atoms with van der Waals surface area (Å²) in [6.07, 6.45) is 0. The number of nitrogens with one attached hydrogen (secondary N) is 2. The van der Waals surface area contributed by atoms with E-state index in [0.717, 1.165) is 6.07 Å². The van der Waals surface area contributed by atoms with Crippen LogP contribution in [0.5, 0.6) is 5.75 Å². The van der Waals surface area contributed by atoms with E-state index in [0.29, 0.717) is 5.69 Å². The summed E-state index contributed by atoms with van der Waals surface area (Å²) >= 11 is 0. The van der Waals surface area contributed by atoms with Crippen molar-refractivity contribution in [3.63, 3.8) is 0 Å². The fourth-order valence-electron chi connectivity index (χ4n) is 2.57. The van der Waals surface area contributed by atoms with Crippen LogP contribution in [0.1, 0.15) is 10.4 Å². The maximum atomic E-state index is 12.5. The molecule has 7 nitrogen and oxygen atoms in total. The Morgan fingerprint density at radius 2 is 1.66 bits per heavy atom. The maximum Gasteiger partial charge on any atom is 0.387 e. The van der Waals surface area contributed by atoms with Crippen molar-refractivity contribution in [1.29, 1.82) is 0 Å². The lowest BCUT2D eigenvalue weighted by Gasteiger charge is -2.12. The fourth-order valence-corrected chi connectivity index (χ4v) is 2.57. The Labute approximate surface area is 164 Å². The van der Waals surface area contributed by atoms with Crippen LogP contribution < -0.4 is 15.4 Å². The lowest BCUT2D eigenvalue weighted by molar-refractivity contribution is -0.383. The number of carbonyl (C=O) groups is 1. The van der Waals surface area contributed by atoms with Crippen LogP contribution in [0.15, 0.2) is 72.8 Å². The minimum Gasteiger partial charge on any atom is -0.433 e. The average Bonchev–Trinajstić information content (AvgIpc) is 2.70. The van der Waals surface area contributed by atoms with E-state index in [1.54, 1.807) is 24.3 Å². The van der Waals surface area contributed by atoms with E-state index in [4.69, 9.17) is 0 Å². The Bertz CT molecular complexity index is 1030. The third kappa shape index (κ3) is 5.04. The molecule has 29 heavy (non-hydrogen) atoms. The van der Waals surface area contributed by atoms with Gasteiger partial charge in [0, 0.05) is 17.3 Å². The Hall–Kier alpha value is -4.01. The minimum atomic E-state index is -3.06. The third-order valence-corrected chi connectivity index (χ3v) is 3.86. The number of nitrogens with zero attached hydrogens (tertiary/aromatic N) is 1. The number of carbonyl (C=O) groups excluding carboxylic acids is 1. The summed E-state index contributed by atoms with van der Waals surface area (Å²) in [7, 11) is 0. The summed E-state index contributed by atoms with van der Waals surface area (Å²) in [5, 5.41) is 16.8. The van der Waals surface area contributed by atoms with Crippen molar-refractivity contribution in [1.82, 2.24) is 0 Å². The maximum absolute atomic E-state index is 12.5. The third-order valence-electron chi connectivity index (χ3n) is 3.86. The van der Waals surface area contributed by atoms with Crippen molar-refractivity contribution in [2.45, 2.75) is 6.61 Å². The van der Waals surface area contributed by atoms with Gasteiger partial charge in [0.15, 0.2) is 0 Å². The number of ether oxygens (including phenoxy) is 1. The minimum absolute atomic E-state index is 0.0119. The lowest BCUT2D eigenvalue weighted by Crippen LogP contribution is -2.14. The van der Waals surface area contributed by atoms with Crippen molar-refractivity contribution >= 4 is 28.7 Å². The van der Waals surface area contributed by atoms with Gasteiger partial charge in [-0.3, -0.25) is 14.9 Å². The molecule has 0 aliphatic rings. The molecule has 3 rings (SSSR count). The lowest BCUT2D eigenvalue weighted by atomic mass is 10.1. The highest BCUT2D eigenvalue weighted by molar-refractivity contribution is 6.05. The van der Waals surface area contributed by atoms with Gasteiger partial charge in [-0.05, 0) is 36.4 Å². The Morgan fingerprint density at radius 1 is 0.966 bits per heavy atom. The van der Waals surface area contributed by atoms with Gasteiger partial charge in [-0.25, -0.2) is 0 Å². The number of nitro groups is 1. The summed E-state index contributed by atoms with van der Waals surface area (Å²) in [4.78, 5) is 23.3. The van der Waals surface area contributed by atoms with Crippen LogP contribution in [-0.4, -0.2) is 17.4 Å². The first-order valence-corrected chi connectivity index (χ1v) is 8.40. The van der Waals surface area contributed by atoms with Crippen molar-refractivity contribution in [3.8, 4) is 5.75 Å². The van der Waals surface area contributed by atoms with Crippen LogP contribution in [0.4, 0.5) is 31.5 Å². The Kier molecular flexibility index (Phi) is 5.98. The van der Waals surface area contributed by atoms with Gasteiger partial charge in [-0.15, -0.1) is 0 Å². The molecule has 0 heterocycles. The molecule has 0 aromatic heterocycles. The first kappa shape index (κ1) is 19.7. The van der Waals surface area contributed by atoms with E-state index in [1.807, 2.05) is 6.07 Å². The molecule has 0 aliphatic heterocycles. The number of anilines is 3. The summed E-state index contributed by atoms with van der Waals surface area (Å²) in [5.74, 6) is -0.919. The molecule has 0 radical (unpaired) electrons. The molecular formula is C20H15F2N3O4. The van der Waals surface area contributed by atoms with E-state index in [-0.39, 0.29) is 28.4 Å². The molecule has 0 saturated heterocycles. The van der Waals surface area contributed by atoms with Crippen LogP contribution in [0.25, 0.3) is 0 Å². The van der Waals surface area contributed by atoms with E-state index >= 15 is 0 Å². The summed E-state index contributed by atoms with van der Waals surface area (Å²) < 4.78 is 29.4. The number of amides is 1. The number of rotatable bonds is 7. The van der Waals surface area contributed by atoms with Gasteiger partial charge in [0.25, 0.3) is 11.6 Å². The standard InChI is InChI=1S/C20H15F2N3O4/c21-20(22)29-18-9-5-4-8-16(18)24-19(26)13-10-11-15(17(12-13)25(27)28)23-14-6-2-1-3-7-14/h1-12,20,23H,(H,24,26). The Morgan fingerprint density at radius 3 is 2.34 bits per heavy atom. The van der Waals surface area contributed by atoms with Crippen molar-refractivity contribution in [3.05, 3.63) is 88.5 Å².